The lowest BCUT2D eigenvalue weighted by Crippen LogP contribution is -2.21. The summed E-state index contributed by atoms with van der Waals surface area (Å²) in [6, 6.07) is 21.3. The fourth-order valence-corrected chi connectivity index (χ4v) is 3.64. The van der Waals surface area contributed by atoms with E-state index in [4.69, 9.17) is 29.4 Å². The Kier molecular flexibility index (Phi) is 6.55. The molecule has 0 aliphatic carbocycles. The molecule has 8 heteroatoms. The van der Waals surface area contributed by atoms with Crippen molar-refractivity contribution in [2.45, 2.75) is 5.92 Å². The molecule has 3 aromatic rings. The van der Waals surface area contributed by atoms with Gasteiger partial charge in [0.25, 0.3) is 0 Å². The van der Waals surface area contributed by atoms with E-state index in [1.807, 2.05) is 24.3 Å². The summed E-state index contributed by atoms with van der Waals surface area (Å²) >= 11 is 0. The van der Waals surface area contributed by atoms with Gasteiger partial charge in [0.2, 0.25) is 5.88 Å². The first-order valence-electron chi connectivity index (χ1n) is 10.4. The van der Waals surface area contributed by atoms with Gasteiger partial charge in [-0.15, -0.1) is 0 Å². The van der Waals surface area contributed by atoms with Gasteiger partial charge >= 0.3 is 5.97 Å². The van der Waals surface area contributed by atoms with Crippen molar-refractivity contribution in [2.24, 2.45) is 5.73 Å². The van der Waals surface area contributed by atoms with E-state index >= 15 is 0 Å². The maximum absolute atomic E-state index is 12.3. The maximum atomic E-state index is 12.3. The molecule has 0 saturated carbocycles. The second-order valence-corrected chi connectivity index (χ2v) is 7.34. The molecule has 1 heterocycles. The number of carbonyl (C=O) groups is 1. The molecule has 1 aliphatic rings. The van der Waals surface area contributed by atoms with Crippen molar-refractivity contribution in [3.8, 4) is 34.8 Å². The van der Waals surface area contributed by atoms with Crippen molar-refractivity contribution in [1.29, 1.82) is 5.26 Å². The first-order valence-corrected chi connectivity index (χ1v) is 10.4. The Bertz CT molecular complexity index is 1280. The van der Waals surface area contributed by atoms with Crippen molar-refractivity contribution in [3.63, 3.8) is 0 Å². The molecule has 1 aliphatic heterocycles. The maximum Gasteiger partial charge on any atom is 0.349 e. The highest BCUT2D eigenvalue weighted by atomic mass is 16.6. The summed E-state index contributed by atoms with van der Waals surface area (Å²) in [6.45, 7) is -0.280. The lowest BCUT2D eigenvalue weighted by atomic mass is 9.83. The average molecular weight is 458 g/mol. The number of methoxy groups -OCH3 is 2. The quantitative estimate of drug-likeness (QED) is 0.419. The third-order valence-electron chi connectivity index (χ3n) is 5.27. The molecule has 0 aromatic heterocycles. The van der Waals surface area contributed by atoms with Crippen LogP contribution in [0.1, 0.15) is 17.0 Å². The number of nitrogens with two attached hydrogens (primary N) is 1. The summed E-state index contributed by atoms with van der Waals surface area (Å²) in [5.41, 5.74) is 7.88. The number of esters is 1. The normalized spacial score (nSPS) is 14.3. The third kappa shape index (κ3) is 4.74. The van der Waals surface area contributed by atoms with E-state index in [-0.39, 0.29) is 18.2 Å². The van der Waals surface area contributed by atoms with E-state index in [9.17, 15) is 10.1 Å². The Labute approximate surface area is 196 Å². The summed E-state index contributed by atoms with van der Waals surface area (Å²) in [6.07, 6.45) is 0. The molecule has 0 bridgehead atoms. The minimum atomic E-state index is -0.586. The third-order valence-corrected chi connectivity index (χ3v) is 5.27. The molecule has 0 amide bonds. The van der Waals surface area contributed by atoms with Gasteiger partial charge in [0.05, 0.1) is 20.1 Å². The summed E-state index contributed by atoms with van der Waals surface area (Å²) in [5.74, 6) is 1.46. The van der Waals surface area contributed by atoms with Crippen LogP contribution in [0.5, 0.6) is 28.7 Å². The molecule has 1 unspecified atom stereocenters. The van der Waals surface area contributed by atoms with E-state index in [1.165, 1.54) is 0 Å². The summed E-state index contributed by atoms with van der Waals surface area (Å²) in [5, 5.41) is 9.71. The van der Waals surface area contributed by atoms with Gasteiger partial charge in [0.1, 0.15) is 40.4 Å². The lowest BCUT2D eigenvalue weighted by molar-refractivity contribution is -0.136. The van der Waals surface area contributed by atoms with Crippen LogP contribution >= 0.6 is 0 Å². The van der Waals surface area contributed by atoms with Crippen molar-refractivity contribution < 1.29 is 28.5 Å². The number of hydrogen-bond donors (Lipinski definition) is 1. The van der Waals surface area contributed by atoms with Gasteiger partial charge in [0.15, 0.2) is 6.61 Å². The standard InChI is InChI=1S/C26H22N2O6/c1-30-17-6-8-18(9-7-17)32-15-24(29)33-20-10-11-21-23(13-20)34-26(28)22(14-27)25(21)16-4-3-5-19(12-16)31-2/h3-13,25H,15,28H2,1-2H3. The molecular weight excluding hydrogens is 436 g/mol. The molecule has 0 radical (unpaired) electrons. The first kappa shape index (κ1) is 22.6. The number of allylic oxidation sites excluding steroid dienone is 1. The zero-order valence-electron chi connectivity index (χ0n) is 18.6. The smallest absolute Gasteiger partial charge is 0.349 e. The Hall–Kier alpha value is -4.64. The fourth-order valence-electron chi connectivity index (χ4n) is 3.64. The Balaban J connectivity index is 1.52. The van der Waals surface area contributed by atoms with Gasteiger partial charge in [0, 0.05) is 11.6 Å². The lowest BCUT2D eigenvalue weighted by Gasteiger charge is -2.27. The van der Waals surface area contributed by atoms with E-state index < -0.39 is 11.9 Å². The highest BCUT2D eigenvalue weighted by Crippen LogP contribution is 2.44. The van der Waals surface area contributed by atoms with Crippen LogP contribution in [0.15, 0.2) is 78.2 Å². The van der Waals surface area contributed by atoms with Crippen LogP contribution in [0.25, 0.3) is 0 Å². The van der Waals surface area contributed by atoms with Gasteiger partial charge in [-0.1, -0.05) is 18.2 Å². The van der Waals surface area contributed by atoms with Crippen LogP contribution in [0.3, 0.4) is 0 Å². The minimum absolute atomic E-state index is 0.00543. The SMILES string of the molecule is COc1ccc(OCC(=O)Oc2ccc3c(c2)OC(N)=C(C#N)C3c2cccc(OC)c2)cc1. The molecule has 4 rings (SSSR count). The first-order chi connectivity index (χ1) is 16.5. The van der Waals surface area contributed by atoms with E-state index in [1.54, 1.807) is 56.7 Å². The second kappa shape index (κ2) is 9.88. The number of ether oxygens (including phenoxy) is 5. The molecule has 172 valence electrons. The highest BCUT2D eigenvalue weighted by Gasteiger charge is 2.31. The number of nitrogens with zero attached hydrogens (tertiary/aromatic N) is 1. The molecule has 0 spiro atoms. The van der Waals surface area contributed by atoms with Crippen LogP contribution < -0.4 is 29.4 Å². The topological polar surface area (TPSA) is 113 Å². The van der Waals surface area contributed by atoms with E-state index in [0.717, 1.165) is 5.56 Å². The van der Waals surface area contributed by atoms with Gasteiger partial charge in [-0.25, -0.2) is 4.79 Å². The Morgan fingerprint density at radius 2 is 1.68 bits per heavy atom. The zero-order valence-corrected chi connectivity index (χ0v) is 18.6. The zero-order chi connectivity index (χ0) is 24.1. The summed E-state index contributed by atoms with van der Waals surface area (Å²) in [4.78, 5) is 12.3. The van der Waals surface area contributed by atoms with Gasteiger partial charge < -0.3 is 29.4 Å². The van der Waals surface area contributed by atoms with Crippen molar-refractivity contribution in [2.75, 3.05) is 20.8 Å². The van der Waals surface area contributed by atoms with Gasteiger partial charge in [-0.3, -0.25) is 0 Å². The fraction of sp³-hybridized carbons (Fsp3) is 0.154. The largest absolute Gasteiger partial charge is 0.497 e. The monoisotopic (exact) mass is 458 g/mol. The average Bonchev–Trinajstić information content (AvgIpc) is 2.86. The molecule has 8 nitrogen and oxygen atoms in total. The minimum Gasteiger partial charge on any atom is -0.497 e. The number of carbonyl (C=O) groups excluding carboxylic acids is 1. The van der Waals surface area contributed by atoms with Crippen LogP contribution in [0.2, 0.25) is 0 Å². The Morgan fingerprint density at radius 1 is 0.971 bits per heavy atom. The van der Waals surface area contributed by atoms with Crippen LogP contribution in [-0.2, 0) is 4.79 Å². The molecule has 34 heavy (non-hydrogen) atoms. The number of fused-ring (bicyclic) bond motifs is 1. The molecule has 3 aromatic carbocycles. The summed E-state index contributed by atoms with van der Waals surface area (Å²) < 4.78 is 27.0. The molecular formula is C26H22N2O6. The van der Waals surface area contributed by atoms with Crippen molar-refractivity contribution in [1.82, 2.24) is 0 Å². The van der Waals surface area contributed by atoms with Gasteiger partial charge in [-0.05, 0) is 48.0 Å². The van der Waals surface area contributed by atoms with E-state index in [2.05, 4.69) is 6.07 Å². The molecule has 0 fully saturated rings. The van der Waals surface area contributed by atoms with Crippen molar-refractivity contribution >= 4 is 5.97 Å². The van der Waals surface area contributed by atoms with Crippen LogP contribution in [-0.4, -0.2) is 26.8 Å². The number of rotatable bonds is 7. The van der Waals surface area contributed by atoms with Crippen LogP contribution in [0.4, 0.5) is 0 Å². The van der Waals surface area contributed by atoms with Crippen molar-refractivity contribution in [3.05, 3.63) is 89.3 Å². The number of benzene rings is 3. The number of nitriles is 1. The molecule has 2 N–H and O–H groups in total. The molecule has 0 saturated heterocycles. The van der Waals surface area contributed by atoms with Gasteiger partial charge in [-0.2, -0.15) is 5.26 Å². The second-order valence-electron chi connectivity index (χ2n) is 7.34. The van der Waals surface area contributed by atoms with E-state index in [0.29, 0.717) is 34.1 Å². The highest BCUT2D eigenvalue weighted by molar-refractivity contribution is 5.74. The predicted octanol–water partition coefficient (Wildman–Crippen LogP) is 3.91. The number of hydrogen-bond acceptors (Lipinski definition) is 8. The Morgan fingerprint density at radius 3 is 2.38 bits per heavy atom. The van der Waals surface area contributed by atoms with Crippen LogP contribution in [0, 0.1) is 11.3 Å². The molecule has 1 atom stereocenters. The summed E-state index contributed by atoms with van der Waals surface area (Å²) in [7, 11) is 3.14. The predicted molar refractivity (Wildman–Crippen MR) is 123 cm³/mol.